The Bertz CT molecular complexity index is 895. The van der Waals surface area contributed by atoms with Gasteiger partial charge < -0.3 is 42.7 Å². The maximum Gasteiger partial charge on any atom is 0.328 e. The first-order valence-corrected chi connectivity index (χ1v) is 10.7. The van der Waals surface area contributed by atoms with E-state index in [0.29, 0.717) is 5.56 Å². The van der Waals surface area contributed by atoms with Gasteiger partial charge in [0.05, 0.1) is 18.6 Å². The molecular formula is C20H29N5O8S. The molecule has 0 aromatic heterocycles. The second-order valence-electron chi connectivity index (χ2n) is 7.52. The number of aliphatic hydroxyl groups is 1. The summed E-state index contributed by atoms with van der Waals surface area (Å²) in [6.07, 6.45) is -2.23. The van der Waals surface area contributed by atoms with Gasteiger partial charge in [-0.1, -0.05) is 12.1 Å². The Balaban J connectivity index is 3.13. The minimum absolute atomic E-state index is 0.0119. The summed E-state index contributed by atoms with van der Waals surface area (Å²) in [6, 6.07) is 0.156. The summed E-state index contributed by atoms with van der Waals surface area (Å²) in [4.78, 5) is 60.5. The lowest BCUT2D eigenvalue weighted by Gasteiger charge is -2.25. The number of aromatic hydroxyl groups is 1. The van der Waals surface area contributed by atoms with Gasteiger partial charge in [0.25, 0.3) is 0 Å². The summed E-state index contributed by atoms with van der Waals surface area (Å²) in [6.45, 7) is 1.13. The molecule has 1 aromatic carbocycles. The fourth-order valence-electron chi connectivity index (χ4n) is 2.76. The van der Waals surface area contributed by atoms with Crippen LogP contribution < -0.4 is 27.4 Å². The molecule has 188 valence electrons. The predicted molar refractivity (Wildman–Crippen MR) is 123 cm³/mol. The van der Waals surface area contributed by atoms with Crippen LogP contribution in [0.15, 0.2) is 24.3 Å². The maximum absolute atomic E-state index is 13.0. The molecule has 13 nitrogen and oxygen atoms in total. The molecule has 5 atom stereocenters. The molecule has 0 saturated carbocycles. The van der Waals surface area contributed by atoms with E-state index in [2.05, 4.69) is 23.3 Å². The van der Waals surface area contributed by atoms with Gasteiger partial charge in [0.15, 0.2) is 6.04 Å². The Morgan fingerprint density at radius 3 is 1.97 bits per heavy atom. The van der Waals surface area contributed by atoms with E-state index in [1.807, 2.05) is 5.32 Å². The number of carbonyl (C=O) groups excluding carboxylic acids is 4. The molecule has 34 heavy (non-hydrogen) atoms. The highest BCUT2D eigenvalue weighted by Crippen LogP contribution is 2.12. The lowest BCUT2D eigenvalue weighted by Crippen LogP contribution is -2.59. The zero-order valence-electron chi connectivity index (χ0n) is 18.3. The fourth-order valence-corrected chi connectivity index (χ4v) is 2.93. The summed E-state index contributed by atoms with van der Waals surface area (Å²) < 4.78 is 0. The first-order valence-electron chi connectivity index (χ1n) is 10.1. The van der Waals surface area contributed by atoms with E-state index >= 15 is 0 Å². The van der Waals surface area contributed by atoms with E-state index in [1.54, 1.807) is 0 Å². The molecule has 0 bridgehead atoms. The van der Waals surface area contributed by atoms with Gasteiger partial charge in [0.1, 0.15) is 17.8 Å². The van der Waals surface area contributed by atoms with Crippen molar-refractivity contribution in [2.45, 2.75) is 50.0 Å². The number of benzene rings is 1. The summed E-state index contributed by atoms with van der Waals surface area (Å²) in [7, 11) is 0. The van der Waals surface area contributed by atoms with Crippen LogP contribution in [0.25, 0.3) is 0 Å². The number of aliphatic carboxylic acids is 1. The van der Waals surface area contributed by atoms with Crippen LogP contribution >= 0.6 is 12.6 Å². The summed E-state index contributed by atoms with van der Waals surface area (Å²) >= 11 is 3.94. The normalized spacial score (nSPS) is 15.2. The molecule has 0 fully saturated rings. The van der Waals surface area contributed by atoms with Crippen molar-refractivity contribution in [1.82, 2.24) is 16.0 Å². The topological polar surface area (TPSA) is 234 Å². The molecule has 5 unspecified atom stereocenters. The molecule has 0 saturated heterocycles. The van der Waals surface area contributed by atoms with Crippen molar-refractivity contribution in [2.24, 2.45) is 11.5 Å². The number of phenolic OH excluding ortho intramolecular Hbond substituents is 1. The van der Waals surface area contributed by atoms with Gasteiger partial charge in [-0.05, 0) is 24.6 Å². The largest absolute Gasteiger partial charge is 0.508 e. The molecule has 0 radical (unpaired) electrons. The lowest BCUT2D eigenvalue weighted by atomic mass is 10.0. The second-order valence-corrected chi connectivity index (χ2v) is 7.88. The number of aliphatic hydroxyl groups excluding tert-OH is 1. The number of rotatable bonds is 13. The number of carbonyl (C=O) groups is 5. The molecule has 10 N–H and O–H groups in total. The number of primary amides is 1. The van der Waals surface area contributed by atoms with Crippen LogP contribution in [0.5, 0.6) is 5.75 Å². The van der Waals surface area contributed by atoms with E-state index < -0.39 is 66.3 Å². The van der Waals surface area contributed by atoms with Crippen molar-refractivity contribution < 1.29 is 39.3 Å². The van der Waals surface area contributed by atoms with E-state index in [9.17, 15) is 34.2 Å². The number of nitrogens with one attached hydrogen (secondary N) is 3. The van der Waals surface area contributed by atoms with Gasteiger partial charge >= 0.3 is 5.97 Å². The quantitative estimate of drug-likeness (QED) is 0.125. The van der Waals surface area contributed by atoms with Gasteiger partial charge in [0.2, 0.25) is 23.6 Å². The monoisotopic (exact) mass is 499 g/mol. The number of carboxylic acids is 1. The smallest absolute Gasteiger partial charge is 0.328 e. The molecule has 0 heterocycles. The molecular weight excluding hydrogens is 470 g/mol. The van der Waals surface area contributed by atoms with Gasteiger partial charge in [-0.3, -0.25) is 19.2 Å². The lowest BCUT2D eigenvalue weighted by molar-refractivity contribution is -0.145. The number of amides is 4. The predicted octanol–water partition coefficient (Wildman–Crippen LogP) is -3.01. The molecule has 4 amide bonds. The van der Waals surface area contributed by atoms with Gasteiger partial charge in [-0.2, -0.15) is 12.6 Å². The molecule has 1 rings (SSSR count). The second kappa shape index (κ2) is 13.4. The van der Waals surface area contributed by atoms with Crippen molar-refractivity contribution in [3.8, 4) is 5.75 Å². The molecule has 0 aliphatic carbocycles. The molecule has 0 aliphatic heterocycles. The number of hydrogen-bond donors (Lipinski definition) is 9. The van der Waals surface area contributed by atoms with Crippen LogP contribution in [-0.2, 0) is 30.4 Å². The van der Waals surface area contributed by atoms with Crippen molar-refractivity contribution >= 4 is 42.2 Å². The van der Waals surface area contributed by atoms with E-state index in [4.69, 9.17) is 16.6 Å². The average molecular weight is 500 g/mol. The number of phenols is 1. The average Bonchev–Trinajstić information content (AvgIpc) is 2.76. The minimum atomic E-state index is -1.71. The molecule has 1 aromatic rings. The molecule has 14 heteroatoms. The SMILES string of the molecule is CC(O)C(NC(=O)C(CC(N)=O)NC(=O)C(Cc1ccc(O)cc1)NC(=O)C(N)CS)C(=O)O. The zero-order chi connectivity index (χ0) is 26.0. The highest BCUT2D eigenvalue weighted by Gasteiger charge is 2.32. The van der Waals surface area contributed by atoms with Gasteiger partial charge in [-0.25, -0.2) is 4.79 Å². The Morgan fingerprint density at radius 2 is 1.50 bits per heavy atom. The number of nitrogens with two attached hydrogens (primary N) is 2. The van der Waals surface area contributed by atoms with E-state index in [-0.39, 0.29) is 17.9 Å². The third kappa shape index (κ3) is 9.25. The summed E-state index contributed by atoms with van der Waals surface area (Å²) in [5, 5.41) is 34.9. The number of carboxylic acid groups (broad SMARTS) is 1. The minimum Gasteiger partial charge on any atom is -0.508 e. The fraction of sp³-hybridized carbons (Fsp3) is 0.450. The Morgan fingerprint density at radius 1 is 0.971 bits per heavy atom. The number of thiol groups is 1. The third-order valence-electron chi connectivity index (χ3n) is 4.63. The highest BCUT2D eigenvalue weighted by atomic mass is 32.1. The van der Waals surface area contributed by atoms with Crippen LogP contribution in [0, 0.1) is 0 Å². The van der Waals surface area contributed by atoms with Crippen molar-refractivity contribution in [3.63, 3.8) is 0 Å². The van der Waals surface area contributed by atoms with Crippen molar-refractivity contribution in [1.29, 1.82) is 0 Å². The van der Waals surface area contributed by atoms with Crippen LogP contribution in [0.3, 0.4) is 0 Å². The van der Waals surface area contributed by atoms with E-state index in [0.717, 1.165) is 6.92 Å². The molecule has 0 aliphatic rings. The van der Waals surface area contributed by atoms with Crippen LogP contribution in [0.1, 0.15) is 18.9 Å². The number of hydrogen-bond acceptors (Lipinski definition) is 9. The van der Waals surface area contributed by atoms with Gasteiger partial charge in [0, 0.05) is 12.2 Å². The molecule has 0 spiro atoms. The van der Waals surface area contributed by atoms with E-state index in [1.165, 1.54) is 24.3 Å². The van der Waals surface area contributed by atoms with Crippen LogP contribution in [-0.4, -0.2) is 80.9 Å². The highest BCUT2D eigenvalue weighted by molar-refractivity contribution is 7.80. The van der Waals surface area contributed by atoms with Crippen molar-refractivity contribution in [2.75, 3.05) is 5.75 Å². The standard InChI is InChI=1S/C20H29N5O8S/c1-9(26)16(20(32)33)25-19(31)14(7-15(22)28)24-18(30)13(23-17(29)12(21)8-34)6-10-2-4-11(27)5-3-10/h2-5,9,12-14,16,26-27,34H,6-8,21H2,1H3,(H2,22,28)(H,23,29)(H,24,30)(H,25,31)(H,32,33). The maximum atomic E-state index is 13.0. The van der Waals surface area contributed by atoms with Crippen LogP contribution in [0.4, 0.5) is 0 Å². The van der Waals surface area contributed by atoms with Crippen molar-refractivity contribution in [3.05, 3.63) is 29.8 Å². The first-order chi connectivity index (χ1) is 15.8. The Hall–Kier alpha value is -3.36. The Labute approximate surface area is 200 Å². The first kappa shape index (κ1) is 28.7. The summed E-state index contributed by atoms with van der Waals surface area (Å²) in [5.41, 5.74) is 11.3. The van der Waals surface area contributed by atoms with Gasteiger partial charge in [-0.15, -0.1) is 0 Å². The third-order valence-corrected chi connectivity index (χ3v) is 5.02. The van der Waals surface area contributed by atoms with Crippen LogP contribution in [0.2, 0.25) is 0 Å². The zero-order valence-corrected chi connectivity index (χ0v) is 19.2. The summed E-state index contributed by atoms with van der Waals surface area (Å²) in [5.74, 6) is -5.21. The Kier molecular flexibility index (Phi) is 11.3.